The number of hydrogen-bond donors (Lipinski definition) is 0. The van der Waals surface area contributed by atoms with Gasteiger partial charge in [0.25, 0.3) is 15.9 Å². The molecule has 0 bridgehead atoms. The Morgan fingerprint density at radius 3 is 2.60 bits per heavy atom. The Kier molecular flexibility index (Phi) is 5.01. The molecule has 2 heterocycles. The van der Waals surface area contributed by atoms with Crippen molar-refractivity contribution in [1.29, 1.82) is 0 Å². The number of morpholine rings is 1. The first-order chi connectivity index (χ1) is 12.0. The van der Waals surface area contributed by atoms with Crippen LogP contribution in [0.1, 0.15) is 18.9 Å². The van der Waals surface area contributed by atoms with E-state index >= 15 is 0 Å². The topological polar surface area (TPSA) is 76.2 Å². The van der Waals surface area contributed by atoms with E-state index in [0.29, 0.717) is 44.2 Å². The first-order valence-electron chi connectivity index (χ1n) is 8.31. The third kappa shape index (κ3) is 3.11. The summed E-state index contributed by atoms with van der Waals surface area (Å²) >= 11 is 0. The second-order valence-electron chi connectivity index (χ2n) is 5.90. The van der Waals surface area contributed by atoms with Crippen molar-refractivity contribution in [2.45, 2.75) is 18.2 Å². The van der Waals surface area contributed by atoms with Gasteiger partial charge in [0.15, 0.2) is 11.5 Å². The van der Waals surface area contributed by atoms with Crippen LogP contribution in [0.2, 0.25) is 0 Å². The zero-order valence-electron chi connectivity index (χ0n) is 14.4. The van der Waals surface area contributed by atoms with E-state index in [-0.39, 0.29) is 16.5 Å². The van der Waals surface area contributed by atoms with Crippen LogP contribution >= 0.6 is 0 Å². The van der Waals surface area contributed by atoms with Gasteiger partial charge in [0.05, 0.1) is 24.7 Å². The molecule has 0 spiro atoms. The molecular formula is C17H22N2O5S. The van der Waals surface area contributed by atoms with Crippen LogP contribution in [-0.4, -0.2) is 63.5 Å². The summed E-state index contributed by atoms with van der Waals surface area (Å²) in [4.78, 5) is 14.8. The monoisotopic (exact) mass is 366 g/mol. The molecule has 0 unspecified atom stereocenters. The number of rotatable bonds is 4. The third-order valence-corrected chi connectivity index (χ3v) is 6.07. The van der Waals surface area contributed by atoms with Gasteiger partial charge in [-0.15, -0.1) is 0 Å². The quantitative estimate of drug-likeness (QED) is 0.802. The number of nitrogens with zero attached hydrogens (tertiary/aromatic N) is 2. The van der Waals surface area contributed by atoms with Gasteiger partial charge >= 0.3 is 0 Å². The molecule has 25 heavy (non-hydrogen) atoms. The molecule has 1 aromatic rings. The highest BCUT2D eigenvalue weighted by atomic mass is 32.2. The van der Waals surface area contributed by atoms with Gasteiger partial charge in [-0.3, -0.25) is 9.10 Å². The van der Waals surface area contributed by atoms with E-state index in [1.807, 2.05) is 6.92 Å². The maximum Gasteiger partial charge on any atom is 0.275 e. The number of carbonyl (C=O) groups is 1. The molecule has 1 aromatic carbocycles. The molecule has 1 amide bonds. The fraction of sp³-hybridized carbons (Fsp3) is 0.471. The van der Waals surface area contributed by atoms with Gasteiger partial charge in [-0.1, -0.05) is 19.1 Å². The summed E-state index contributed by atoms with van der Waals surface area (Å²) < 4.78 is 37.9. The number of sulfonamides is 1. The third-order valence-electron chi connectivity index (χ3n) is 4.25. The van der Waals surface area contributed by atoms with E-state index in [9.17, 15) is 13.2 Å². The first kappa shape index (κ1) is 17.8. The van der Waals surface area contributed by atoms with Gasteiger partial charge in [-0.25, -0.2) is 8.42 Å². The highest BCUT2D eigenvalue weighted by Crippen LogP contribution is 2.37. The molecule has 0 aliphatic carbocycles. The molecule has 2 aliphatic rings. The van der Waals surface area contributed by atoms with E-state index in [1.165, 1.54) is 13.1 Å². The average Bonchev–Trinajstić information content (AvgIpc) is 2.64. The Morgan fingerprint density at radius 2 is 1.92 bits per heavy atom. The smallest absolute Gasteiger partial charge is 0.275 e. The Balaban J connectivity index is 2.14. The van der Waals surface area contributed by atoms with Gasteiger partial charge in [0.2, 0.25) is 0 Å². The fourth-order valence-electron chi connectivity index (χ4n) is 2.92. The molecule has 1 fully saturated rings. The predicted octanol–water partition coefficient (Wildman–Crippen LogP) is 1.27. The molecular weight excluding hydrogens is 344 g/mol. The van der Waals surface area contributed by atoms with Crippen molar-refractivity contribution in [3.63, 3.8) is 0 Å². The summed E-state index contributed by atoms with van der Waals surface area (Å²) in [6.07, 6.45) is 0.751. The second-order valence-corrected chi connectivity index (χ2v) is 7.84. The van der Waals surface area contributed by atoms with Crippen LogP contribution in [-0.2, 0) is 24.3 Å². The van der Waals surface area contributed by atoms with Crippen molar-refractivity contribution in [2.24, 2.45) is 0 Å². The molecule has 0 saturated carbocycles. The molecule has 2 aliphatic heterocycles. The van der Waals surface area contributed by atoms with Crippen molar-refractivity contribution < 1.29 is 22.7 Å². The minimum absolute atomic E-state index is 0.0639. The lowest BCUT2D eigenvalue weighted by atomic mass is 10.1. The average molecular weight is 366 g/mol. The van der Waals surface area contributed by atoms with Crippen LogP contribution in [0.5, 0.6) is 0 Å². The van der Waals surface area contributed by atoms with E-state index in [4.69, 9.17) is 9.47 Å². The molecule has 136 valence electrons. The number of fused-ring (bicyclic) bond motifs is 1. The number of likely N-dealkylation sites (N-methyl/N-ethyl adjacent to an activating group) is 1. The molecule has 0 N–H and O–H groups in total. The summed E-state index contributed by atoms with van der Waals surface area (Å²) in [5, 5.41) is 0. The molecule has 0 atom stereocenters. The van der Waals surface area contributed by atoms with Crippen molar-refractivity contribution in [1.82, 2.24) is 9.21 Å². The minimum atomic E-state index is -3.79. The molecule has 3 rings (SSSR count). The van der Waals surface area contributed by atoms with E-state index in [2.05, 4.69) is 0 Å². The number of hydrogen-bond acceptors (Lipinski definition) is 5. The standard InChI is InChI=1S/C17H22N2O5S/c1-3-10-24-16-13-6-4-5-7-14(13)25(21,22)18(2)15(16)17(20)19-8-11-23-12-9-19/h4-7H,3,8-12H2,1-2H3. The van der Waals surface area contributed by atoms with Gasteiger partial charge < -0.3 is 14.4 Å². The Hall–Kier alpha value is -2.06. The lowest BCUT2D eigenvalue weighted by molar-refractivity contribution is -0.132. The van der Waals surface area contributed by atoms with Crippen molar-refractivity contribution in [2.75, 3.05) is 40.0 Å². The van der Waals surface area contributed by atoms with Crippen molar-refractivity contribution in [3.05, 3.63) is 35.5 Å². The maximum absolute atomic E-state index is 13.1. The van der Waals surface area contributed by atoms with Gasteiger partial charge in [0.1, 0.15) is 0 Å². The summed E-state index contributed by atoms with van der Waals surface area (Å²) in [6, 6.07) is 6.62. The molecule has 8 heteroatoms. The lowest BCUT2D eigenvalue weighted by Crippen LogP contribution is -2.46. The van der Waals surface area contributed by atoms with Gasteiger partial charge in [-0.2, -0.15) is 0 Å². The Bertz CT molecular complexity index is 797. The Morgan fingerprint density at radius 1 is 1.24 bits per heavy atom. The number of amides is 1. The van der Waals surface area contributed by atoms with Gasteiger partial charge in [0, 0.05) is 25.7 Å². The fourth-order valence-corrected chi connectivity index (χ4v) is 4.30. The van der Waals surface area contributed by atoms with Crippen molar-refractivity contribution >= 4 is 21.7 Å². The Labute approximate surface area is 147 Å². The highest BCUT2D eigenvalue weighted by molar-refractivity contribution is 7.89. The van der Waals surface area contributed by atoms with Crippen LogP contribution in [0.15, 0.2) is 34.9 Å². The molecule has 1 saturated heterocycles. The van der Waals surface area contributed by atoms with E-state index in [1.54, 1.807) is 23.1 Å². The van der Waals surface area contributed by atoms with E-state index < -0.39 is 10.0 Å². The minimum Gasteiger partial charge on any atom is -0.490 e. The largest absolute Gasteiger partial charge is 0.490 e. The number of carbonyl (C=O) groups excluding carboxylic acids is 1. The van der Waals surface area contributed by atoms with Crippen molar-refractivity contribution in [3.8, 4) is 0 Å². The lowest BCUT2D eigenvalue weighted by Gasteiger charge is -2.34. The normalized spacial score (nSPS) is 19.6. The molecule has 0 aromatic heterocycles. The van der Waals surface area contributed by atoms with Crippen LogP contribution in [0, 0.1) is 0 Å². The summed E-state index contributed by atoms with van der Waals surface area (Å²) in [7, 11) is -2.40. The SMILES string of the molecule is CCCOC1=C(C(=O)N2CCOCC2)N(C)S(=O)(=O)c2ccccc21. The highest BCUT2D eigenvalue weighted by Gasteiger charge is 2.40. The van der Waals surface area contributed by atoms with Crippen LogP contribution < -0.4 is 0 Å². The first-order valence-corrected chi connectivity index (χ1v) is 9.75. The summed E-state index contributed by atoms with van der Waals surface area (Å²) in [5.74, 6) is -0.0266. The summed E-state index contributed by atoms with van der Waals surface area (Å²) in [6.45, 7) is 4.10. The summed E-state index contributed by atoms with van der Waals surface area (Å²) in [5.41, 5.74) is 0.500. The number of benzene rings is 1. The molecule has 7 nitrogen and oxygen atoms in total. The van der Waals surface area contributed by atoms with Gasteiger partial charge in [-0.05, 0) is 18.6 Å². The number of ether oxygens (including phenoxy) is 2. The maximum atomic E-state index is 13.1. The zero-order chi connectivity index (χ0) is 18.0. The zero-order valence-corrected chi connectivity index (χ0v) is 15.2. The second kappa shape index (κ2) is 7.05. The van der Waals surface area contributed by atoms with Crippen LogP contribution in [0.3, 0.4) is 0 Å². The molecule has 0 radical (unpaired) electrons. The van der Waals surface area contributed by atoms with E-state index in [0.717, 1.165) is 10.7 Å². The predicted molar refractivity (Wildman–Crippen MR) is 92.0 cm³/mol. The van der Waals surface area contributed by atoms with Crippen LogP contribution in [0.25, 0.3) is 5.76 Å². The van der Waals surface area contributed by atoms with Crippen LogP contribution in [0.4, 0.5) is 0 Å².